The number of halogens is 1. The van der Waals surface area contributed by atoms with E-state index in [-0.39, 0.29) is 24.2 Å². The Morgan fingerprint density at radius 3 is 2.90 bits per heavy atom. The van der Waals surface area contributed by atoms with E-state index >= 15 is 0 Å². The molecule has 1 aromatic carbocycles. The summed E-state index contributed by atoms with van der Waals surface area (Å²) >= 11 is 1.54. The lowest BCUT2D eigenvalue weighted by Gasteiger charge is -2.42. The SMILES string of the molecule is C=CC(=O)N1CCN(c2nc(OC[C@@H]3CCCN3C)nc3c2CCN(c2cc(F)cc4sccc24)C3)C[C@@H]1CC#N. The van der Waals surface area contributed by atoms with Gasteiger partial charge < -0.3 is 24.3 Å². The maximum Gasteiger partial charge on any atom is 0.318 e. The Morgan fingerprint density at radius 1 is 1.24 bits per heavy atom. The van der Waals surface area contributed by atoms with Gasteiger partial charge in [0.05, 0.1) is 30.8 Å². The predicted molar refractivity (Wildman–Crippen MR) is 158 cm³/mol. The fourth-order valence-electron chi connectivity index (χ4n) is 6.30. The van der Waals surface area contributed by atoms with E-state index in [1.54, 1.807) is 17.0 Å². The largest absolute Gasteiger partial charge is 0.462 e. The van der Waals surface area contributed by atoms with Crippen LogP contribution in [-0.2, 0) is 17.8 Å². The number of hydrogen-bond acceptors (Lipinski definition) is 9. The van der Waals surface area contributed by atoms with Gasteiger partial charge in [-0.1, -0.05) is 6.58 Å². The van der Waals surface area contributed by atoms with Crippen molar-refractivity contribution >= 4 is 38.8 Å². The third kappa shape index (κ3) is 5.46. The second-order valence-electron chi connectivity index (χ2n) is 11.0. The molecule has 2 fully saturated rings. The average molecular weight is 576 g/mol. The molecule has 5 heterocycles. The van der Waals surface area contributed by atoms with Crippen LogP contribution in [0.3, 0.4) is 0 Å². The Kier molecular flexibility index (Phi) is 7.77. The van der Waals surface area contributed by atoms with E-state index in [0.717, 1.165) is 52.2 Å². The molecule has 0 bridgehead atoms. The summed E-state index contributed by atoms with van der Waals surface area (Å²) in [6.45, 7) is 7.95. The summed E-state index contributed by atoms with van der Waals surface area (Å²) < 4.78 is 21.7. The number of ether oxygens (including phenoxy) is 1. The number of carbonyl (C=O) groups is 1. The number of carbonyl (C=O) groups excluding carboxylic acids is 1. The van der Waals surface area contributed by atoms with Gasteiger partial charge in [-0.2, -0.15) is 15.2 Å². The first kappa shape index (κ1) is 27.4. The van der Waals surface area contributed by atoms with Crippen LogP contribution in [0.1, 0.15) is 30.5 Å². The Bertz CT molecular complexity index is 1500. The molecule has 3 aromatic rings. The first-order chi connectivity index (χ1) is 19.9. The van der Waals surface area contributed by atoms with Crippen LogP contribution in [0.25, 0.3) is 10.1 Å². The smallest absolute Gasteiger partial charge is 0.318 e. The topological polar surface area (TPSA) is 88.8 Å². The molecular weight excluding hydrogens is 541 g/mol. The van der Waals surface area contributed by atoms with Crippen molar-refractivity contribution in [2.24, 2.45) is 0 Å². The number of amides is 1. The number of likely N-dealkylation sites (N-methyl/N-ethyl adjacent to an activating group) is 1. The van der Waals surface area contributed by atoms with E-state index in [2.05, 4.69) is 34.4 Å². The zero-order valence-electron chi connectivity index (χ0n) is 23.3. The maximum absolute atomic E-state index is 14.6. The van der Waals surface area contributed by atoms with Crippen LogP contribution < -0.4 is 14.5 Å². The maximum atomic E-state index is 14.6. The minimum atomic E-state index is -0.263. The van der Waals surface area contributed by atoms with Crippen molar-refractivity contribution in [2.45, 2.75) is 44.3 Å². The van der Waals surface area contributed by atoms with Crippen molar-refractivity contribution in [3.05, 3.63) is 53.3 Å². The van der Waals surface area contributed by atoms with Gasteiger partial charge in [0.2, 0.25) is 5.91 Å². The van der Waals surface area contributed by atoms with Gasteiger partial charge in [-0.05, 0) is 62.5 Å². The lowest BCUT2D eigenvalue weighted by atomic mass is 10.0. The van der Waals surface area contributed by atoms with Gasteiger partial charge in [0.1, 0.15) is 18.2 Å². The zero-order chi connectivity index (χ0) is 28.5. The van der Waals surface area contributed by atoms with Gasteiger partial charge in [0.25, 0.3) is 0 Å². The first-order valence-corrected chi connectivity index (χ1v) is 15.0. The molecule has 9 nitrogen and oxygen atoms in total. The second-order valence-corrected chi connectivity index (χ2v) is 11.9. The average Bonchev–Trinajstić information content (AvgIpc) is 3.63. The molecule has 0 saturated carbocycles. The van der Waals surface area contributed by atoms with E-state index in [0.29, 0.717) is 57.8 Å². The number of fused-ring (bicyclic) bond motifs is 2. The van der Waals surface area contributed by atoms with Crippen LogP contribution in [0, 0.1) is 17.1 Å². The number of aromatic nitrogens is 2. The fraction of sp³-hybridized carbons (Fsp3) is 0.467. The van der Waals surface area contributed by atoms with Crippen molar-refractivity contribution < 1.29 is 13.9 Å². The van der Waals surface area contributed by atoms with Gasteiger partial charge in [-0.15, -0.1) is 11.3 Å². The quantitative estimate of drug-likeness (QED) is 0.391. The molecule has 0 unspecified atom stereocenters. The molecular formula is C30H34FN7O2S. The van der Waals surface area contributed by atoms with E-state index in [1.165, 1.54) is 17.4 Å². The van der Waals surface area contributed by atoms with Crippen LogP contribution in [0.15, 0.2) is 36.2 Å². The van der Waals surface area contributed by atoms with E-state index in [1.807, 2.05) is 11.4 Å². The molecule has 0 aliphatic carbocycles. The van der Waals surface area contributed by atoms with Gasteiger partial charge in [0.15, 0.2) is 0 Å². The van der Waals surface area contributed by atoms with Crippen LogP contribution in [0.2, 0.25) is 0 Å². The number of benzene rings is 1. The first-order valence-electron chi connectivity index (χ1n) is 14.1. The minimum Gasteiger partial charge on any atom is -0.462 e. The van der Waals surface area contributed by atoms with Crippen molar-refractivity contribution in [1.82, 2.24) is 19.8 Å². The number of nitrogens with zero attached hydrogens (tertiary/aromatic N) is 7. The van der Waals surface area contributed by atoms with Gasteiger partial charge >= 0.3 is 6.01 Å². The van der Waals surface area contributed by atoms with Crippen molar-refractivity contribution in [3.8, 4) is 12.1 Å². The van der Waals surface area contributed by atoms with Crippen LogP contribution >= 0.6 is 11.3 Å². The predicted octanol–water partition coefficient (Wildman–Crippen LogP) is 3.98. The van der Waals surface area contributed by atoms with E-state index in [9.17, 15) is 14.4 Å². The molecule has 3 aliphatic rings. The molecule has 0 N–H and O–H groups in total. The van der Waals surface area contributed by atoms with Crippen molar-refractivity contribution in [3.63, 3.8) is 0 Å². The normalized spacial score (nSPS) is 21.1. The Hall–Kier alpha value is -3.75. The summed E-state index contributed by atoms with van der Waals surface area (Å²) in [6, 6.07) is 7.87. The van der Waals surface area contributed by atoms with Gasteiger partial charge in [-0.25, -0.2) is 4.39 Å². The number of likely N-dealkylation sites (tertiary alicyclic amines) is 1. The molecule has 6 rings (SSSR count). The van der Waals surface area contributed by atoms with E-state index in [4.69, 9.17) is 14.7 Å². The molecule has 11 heteroatoms. The monoisotopic (exact) mass is 575 g/mol. The lowest BCUT2D eigenvalue weighted by molar-refractivity contribution is -0.128. The number of thiophene rings is 1. The Labute approximate surface area is 243 Å². The van der Waals surface area contributed by atoms with E-state index < -0.39 is 0 Å². The third-order valence-electron chi connectivity index (χ3n) is 8.52. The molecule has 1 amide bonds. The number of piperazine rings is 1. The molecule has 0 radical (unpaired) electrons. The summed E-state index contributed by atoms with van der Waals surface area (Å²) in [5.41, 5.74) is 2.78. The lowest BCUT2D eigenvalue weighted by Crippen LogP contribution is -2.55. The Balaban J connectivity index is 1.33. The number of rotatable bonds is 7. The second kappa shape index (κ2) is 11.6. The molecule has 2 saturated heterocycles. The van der Waals surface area contributed by atoms with Crippen molar-refractivity contribution in [2.75, 3.05) is 56.2 Å². The zero-order valence-corrected chi connectivity index (χ0v) is 24.1. The Morgan fingerprint density at radius 2 is 2.12 bits per heavy atom. The number of anilines is 2. The summed E-state index contributed by atoms with van der Waals surface area (Å²) in [7, 11) is 2.11. The highest BCUT2D eigenvalue weighted by molar-refractivity contribution is 7.17. The summed E-state index contributed by atoms with van der Waals surface area (Å²) in [6.07, 6.45) is 4.45. The molecule has 2 aromatic heterocycles. The summed E-state index contributed by atoms with van der Waals surface area (Å²) in [5, 5.41) is 12.5. The highest BCUT2D eigenvalue weighted by Crippen LogP contribution is 2.37. The summed E-state index contributed by atoms with van der Waals surface area (Å²) in [5.74, 6) is 0.395. The van der Waals surface area contributed by atoms with Gasteiger partial charge in [-0.3, -0.25) is 4.79 Å². The number of hydrogen-bond donors (Lipinski definition) is 0. The van der Waals surface area contributed by atoms with Crippen LogP contribution in [0.4, 0.5) is 15.9 Å². The molecule has 41 heavy (non-hydrogen) atoms. The highest BCUT2D eigenvalue weighted by Gasteiger charge is 2.33. The molecule has 0 spiro atoms. The summed E-state index contributed by atoms with van der Waals surface area (Å²) in [4.78, 5) is 30.7. The highest BCUT2D eigenvalue weighted by atomic mass is 32.1. The third-order valence-corrected chi connectivity index (χ3v) is 9.39. The fourth-order valence-corrected chi connectivity index (χ4v) is 7.13. The minimum absolute atomic E-state index is 0.162. The molecule has 3 aliphatic heterocycles. The van der Waals surface area contributed by atoms with Crippen molar-refractivity contribution in [1.29, 1.82) is 5.26 Å². The van der Waals surface area contributed by atoms with Crippen LogP contribution in [0.5, 0.6) is 6.01 Å². The molecule has 2 atom stereocenters. The van der Waals surface area contributed by atoms with Crippen LogP contribution in [-0.4, -0.2) is 84.1 Å². The standard InChI is InChI=1S/C30H34FN7O2S/c1-3-28(39)38-13-12-37(17-21(38)6-9-32)29-23-7-11-36(26-15-20(31)16-27-24(26)8-14-41-27)18-25(23)33-30(34-29)40-19-22-5-4-10-35(22)2/h3,8,14-16,21-22H,1,4-7,10-13,17-19H2,2H3/t21-,22-/m0/s1. The van der Waals surface area contributed by atoms with Gasteiger partial charge in [0, 0.05) is 53.6 Å². The number of nitriles is 1. The molecule has 214 valence electrons.